The lowest BCUT2D eigenvalue weighted by atomic mass is 10.1. The lowest BCUT2D eigenvalue weighted by Gasteiger charge is -2.22. The second-order valence-corrected chi connectivity index (χ2v) is 9.98. The highest BCUT2D eigenvalue weighted by atomic mass is 35.5. The summed E-state index contributed by atoms with van der Waals surface area (Å²) in [6, 6.07) is 8.71. The van der Waals surface area contributed by atoms with Crippen LogP contribution in [-0.4, -0.2) is 43.8 Å². The number of halogens is 1. The van der Waals surface area contributed by atoms with Crippen molar-refractivity contribution in [1.82, 2.24) is 4.31 Å². The van der Waals surface area contributed by atoms with Crippen molar-refractivity contribution in [2.75, 3.05) is 18.5 Å². The van der Waals surface area contributed by atoms with Crippen LogP contribution < -0.4 is 5.32 Å². The van der Waals surface area contributed by atoms with Gasteiger partial charge < -0.3 is 10.1 Å². The molecular weight excluding hydrogens is 440 g/mol. The van der Waals surface area contributed by atoms with Crippen LogP contribution in [0.5, 0.6) is 0 Å². The SMILES string of the molecule is Cc1cc(C)c(NC(=O)COC(=O)[C@H]2CCCN2S(=O)(=O)c2ccc(Cl)cc2)c(C)c1. The minimum Gasteiger partial charge on any atom is -0.454 e. The summed E-state index contributed by atoms with van der Waals surface area (Å²) in [5.74, 6) is -1.21. The molecule has 1 aliphatic heterocycles. The first-order valence-corrected chi connectivity index (χ1v) is 11.7. The molecule has 1 saturated heterocycles. The van der Waals surface area contributed by atoms with Gasteiger partial charge in [-0.05, 0) is 69.0 Å². The Labute approximate surface area is 187 Å². The second kappa shape index (κ2) is 9.38. The van der Waals surface area contributed by atoms with Crippen LogP contribution in [0, 0.1) is 20.8 Å². The number of carbonyl (C=O) groups is 2. The minimum absolute atomic E-state index is 0.0552. The number of hydrogen-bond donors (Lipinski definition) is 1. The van der Waals surface area contributed by atoms with Gasteiger partial charge in [-0.2, -0.15) is 4.31 Å². The molecule has 2 aromatic carbocycles. The van der Waals surface area contributed by atoms with E-state index >= 15 is 0 Å². The maximum absolute atomic E-state index is 12.9. The van der Waals surface area contributed by atoms with E-state index in [-0.39, 0.29) is 11.4 Å². The standard InChI is InChI=1S/C22H25ClN2O5S/c1-14-11-15(2)21(16(3)12-14)24-20(26)13-30-22(27)19-5-4-10-25(19)31(28,29)18-8-6-17(23)7-9-18/h6-9,11-12,19H,4-5,10,13H2,1-3H3,(H,24,26)/t19-/m1/s1. The molecule has 0 spiro atoms. The molecule has 1 fully saturated rings. The molecule has 7 nitrogen and oxygen atoms in total. The molecule has 9 heteroatoms. The molecule has 31 heavy (non-hydrogen) atoms. The van der Waals surface area contributed by atoms with Gasteiger partial charge >= 0.3 is 5.97 Å². The summed E-state index contributed by atoms with van der Waals surface area (Å²) in [5, 5.41) is 3.18. The highest BCUT2D eigenvalue weighted by molar-refractivity contribution is 7.89. The lowest BCUT2D eigenvalue weighted by Crippen LogP contribution is -2.42. The highest BCUT2D eigenvalue weighted by Crippen LogP contribution is 2.28. The number of hydrogen-bond acceptors (Lipinski definition) is 5. The van der Waals surface area contributed by atoms with E-state index in [1.165, 1.54) is 24.3 Å². The fourth-order valence-corrected chi connectivity index (χ4v) is 5.56. The minimum atomic E-state index is -3.88. The van der Waals surface area contributed by atoms with E-state index < -0.39 is 34.5 Å². The second-order valence-electron chi connectivity index (χ2n) is 7.66. The Kier molecular flexibility index (Phi) is 7.03. The molecule has 0 saturated carbocycles. The monoisotopic (exact) mass is 464 g/mol. The van der Waals surface area contributed by atoms with Crippen molar-refractivity contribution < 1.29 is 22.7 Å². The molecule has 0 aliphatic carbocycles. The van der Waals surface area contributed by atoms with Crippen molar-refractivity contribution in [3.63, 3.8) is 0 Å². The van der Waals surface area contributed by atoms with E-state index in [4.69, 9.17) is 16.3 Å². The number of rotatable bonds is 6. The zero-order chi connectivity index (χ0) is 22.8. The Morgan fingerprint density at radius 1 is 1.13 bits per heavy atom. The molecule has 1 N–H and O–H groups in total. The summed E-state index contributed by atoms with van der Waals surface area (Å²) in [7, 11) is -3.88. The van der Waals surface area contributed by atoms with Crippen LogP contribution in [0.25, 0.3) is 0 Å². The number of anilines is 1. The van der Waals surface area contributed by atoms with Crippen LogP contribution in [0.4, 0.5) is 5.69 Å². The van der Waals surface area contributed by atoms with Crippen LogP contribution in [0.1, 0.15) is 29.5 Å². The maximum atomic E-state index is 12.9. The van der Waals surface area contributed by atoms with Gasteiger partial charge in [-0.25, -0.2) is 8.42 Å². The number of nitrogens with one attached hydrogen (secondary N) is 1. The van der Waals surface area contributed by atoms with E-state index in [1.54, 1.807) is 0 Å². The summed E-state index contributed by atoms with van der Waals surface area (Å²) in [6.07, 6.45) is 0.865. The molecule has 1 atom stereocenters. The first-order valence-electron chi connectivity index (χ1n) is 9.91. The van der Waals surface area contributed by atoms with E-state index in [2.05, 4.69) is 5.32 Å². The normalized spacial score (nSPS) is 16.8. The number of benzene rings is 2. The fraction of sp³-hybridized carbons (Fsp3) is 0.364. The van der Waals surface area contributed by atoms with Gasteiger partial charge in [0.05, 0.1) is 4.90 Å². The van der Waals surface area contributed by atoms with E-state index in [0.29, 0.717) is 23.6 Å². The largest absolute Gasteiger partial charge is 0.454 e. The molecule has 1 heterocycles. The summed E-state index contributed by atoms with van der Waals surface area (Å²) in [4.78, 5) is 25.0. The molecule has 0 radical (unpaired) electrons. The lowest BCUT2D eigenvalue weighted by molar-refractivity contribution is -0.150. The third kappa shape index (κ3) is 5.26. The van der Waals surface area contributed by atoms with Crippen molar-refractivity contribution in [2.45, 2.75) is 44.6 Å². The van der Waals surface area contributed by atoms with Gasteiger partial charge in [0.2, 0.25) is 10.0 Å². The quantitative estimate of drug-likeness (QED) is 0.659. The van der Waals surface area contributed by atoms with Gasteiger partial charge in [0.25, 0.3) is 5.91 Å². The number of ether oxygens (including phenoxy) is 1. The number of aryl methyl sites for hydroxylation is 3. The van der Waals surface area contributed by atoms with E-state index in [9.17, 15) is 18.0 Å². The maximum Gasteiger partial charge on any atom is 0.324 e. The summed E-state index contributed by atoms with van der Waals surface area (Å²) >= 11 is 5.84. The third-order valence-corrected chi connectivity index (χ3v) is 7.36. The molecule has 2 aromatic rings. The van der Waals surface area contributed by atoms with Gasteiger partial charge in [0, 0.05) is 17.3 Å². The molecule has 0 unspecified atom stereocenters. The van der Waals surface area contributed by atoms with Gasteiger partial charge in [-0.15, -0.1) is 0 Å². The Bertz CT molecular complexity index is 1080. The Balaban J connectivity index is 1.65. The average molecular weight is 465 g/mol. The number of sulfonamides is 1. The first-order chi connectivity index (χ1) is 14.6. The van der Waals surface area contributed by atoms with Gasteiger partial charge in [0.15, 0.2) is 6.61 Å². The number of carbonyl (C=O) groups excluding carboxylic acids is 2. The van der Waals surface area contributed by atoms with Crippen LogP contribution in [0.3, 0.4) is 0 Å². The Hall–Kier alpha value is -2.42. The van der Waals surface area contributed by atoms with Crippen LogP contribution in [0.2, 0.25) is 5.02 Å². The Morgan fingerprint density at radius 2 is 1.74 bits per heavy atom. The molecule has 1 amide bonds. The van der Waals surface area contributed by atoms with Crippen molar-refractivity contribution in [3.8, 4) is 0 Å². The predicted molar refractivity (Wildman–Crippen MR) is 119 cm³/mol. The first kappa shape index (κ1) is 23.2. The Morgan fingerprint density at radius 3 is 2.35 bits per heavy atom. The van der Waals surface area contributed by atoms with Crippen LogP contribution >= 0.6 is 11.6 Å². The third-order valence-electron chi connectivity index (χ3n) is 5.18. The average Bonchev–Trinajstić information content (AvgIpc) is 3.20. The van der Waals surface area contributed by atoms with Crippen LogP contribution in [-0.2, 0) is 24.3 Å². The number of esters is 1. The van der Waals surface area contributed by atoms with Crippen molar-refractivity contribution >= 4 is 39.2 Å². The molecule has 0 aromatic heterocycles. The smallest absolute Gasteiger partial charge is 0.324 e. The van der Waals surface area contributed by atoms with Crippen molar-refractivity contribution in [1.29, 1.82) is 0 Å². The molecule has 1 aliphatic rings. The molecule has 0 bridgehead atoms. The zero-order valence-corrected chi connectivity index (χ0v) is 19.2. The van der Waals surface area contributed by atoms with Crippen LogP contribution in [0.15, 0.2) is 41.3 Å². The van der Waals surface area contributed by atoms with Gasteiger partial charge in [-0.3, -0.25) is 9.59 Å². The fourth-order valence-electron chi connectivity index (χ4n) is 3.79. The van der Waals surface area contributed by atoms with Gasteiger partial charge in [-0.1, -0.05) is 29.3 Å². The summed E-state index contributed by atoms with van der Waals surface area (Å²) < 4.78 is 32.2. The topological polar surface area (TPSA) is 92.8 Å². The molecular formula is C22H25ClN2O5S. The molecule has 166 valence electrons. The highest BCUT2D eigenvalue weighted by Gasteiger charge is 2.40. The van der Waals surface area contributed by atoms with Gasteiger partial charge in [0.1, 0.15) is 6.04 Å². The predicted octanol–water partition coefficient (Wildman–Crippen LogP) is 3.60. The number of amides is 1. The van der Waals surface area contributed by atoms with E-state index in [0.717, 1.165) is 21.0 Å². The van der Waals surface area contributed by atoms with Crippen molar-refractivity contribution in [2.24, 2.45) is 0 Å². The summed E-state index contributed by atoms with van der Waals surface area (Å²) in [6.45, 7) is 5.47. The van der Waals surface area contributed by atoms with E-state index in [1.807, 2.05) is 32.9 Å². The zero-order valence-electron chi connectivity index (χ0n) is 17.6. The van der Waals surface area contributed by atoms with Crippen molar-refractivity contribution in [3.05, 3.63) is 58.1 Å². The number of nitrogens with zero attached hydrogens (tertiary/aromatic N) is 1. The molecule has 3 rings (SSSR count). The summed E-state index contributed by atoms with van der Waals surface area (Å²) in [5.41, 5.74) is 3.59.